The van der Waals surface area contributed by atoms with E-state index in [2.05, 4.69) is 10.3 Å². The van der Waals surface area contributed by atoms with Crippen LogP contribution < -0.4 is 10.9 Å². The van der Waals surface area contributed by atoms with Crippen LogP contribution in [-0.4, -0.2) is 15.5 Å². The number of carbonyl (C=O) groups is 1. The van der Waals surface area contributed by atoms with E-state index >= 15 is 0 Å². The predicted molar refractivity (Wildman–Crippen MR) is 101 cm³/mol. The monoisotopic (exact) mass is 415 g/mol. The molecule has 0 unspecified atom stereocenters. The molecule has 128 valence electrons. The minimum atomic E-state index is -0.467. The summed E-state index contributed by atoms with van der Waals surface area (Å²) in [6, 6.07) is 7.65. The van der Waals surface area contributed by atoms with Crippen LogP contribution in [0.1, 0.15) is 0 Å². The molecule has 0 spiro atoms. The molecule has 5 nitrogen and oxygen atoms in total. The van der Waals surface area contributed by atoms with Crippen LogP contribution in [0.3, 0.4) is 0 Å². The summed E-state index contributed by atoms with van der Waals surface area (Å²) in [5.41, 5.74) is 0.423. The fourth-order valence-electron chi connectivity index (χ4n) is 2.21. The number of anilines is 1. The summed E-state index contributed by atoms with van der Waals surface area (Å²) in [4.78, 5) is 28.8. The zero-order chi connectivity index (χ0) is 18.1. The number of hydrogen-bond donors (Lipinski definition) is 1. The number of hydrogen-bond acceptors (Lipinski definition) is 3. The molecule has 3 aromatic rings. The average Bonchev–Trinajstić information content (AvgIpc) is 2.56. The van der Waals surface area contributed by atoms with Crippen molar-refractivity contribution in [2.75, 3.05) is 5.32 Å². The van der Waals surface area contributed by atoms with Crippen LogP contribution in [0.5, 0.6) is 0 Å². The largest absolute Gasteiger partial charge is 0.323 e. The lowest BCUT2D eigenvalue weighted by atomic mass is 10.2. The number of nitrogens with zero attached hydrogens (tertiary/aromatic N) is 2. The van der Waals surface area contributed by atoms with Crippen LogP contribution >= 0.6 is 46.4 Å². The summed E-state index contributed by atoms with van der Waals surface area (Å²) in [6.07, 6.45) is 1.30. The maximum absolute atomic E-state index is 12.5. The standard InChI is InChI=1S/C16H9Cl4N3O2/c17-8-1-2-13-9(3-8)16(25)23(7-21-13)6-15(24)22-14-5-11(19)10(18)4-12(14)20/h1-5,7H,6H2,(H,22,24). The molecule has 9 heteroatoms. The van der Waals surface area contributed by atoms with Gasteiger partial charge in [-0.1, -0.05) is 46.4 Å². The Kier molecular flexibility index (Phi) is 5.20. The van der Waals surface area contributed by atoms with Gasteiger partial charge in [0.2, 0.25) is 5.91 Å². The molecule has 0 aliphatic carbocycles. The molecule has 0 fully saturated rings. The first-order valence-corrected chi connectivity index (χ1v) is 8.45. The van der Waals surface area contributed by atoms with Crippen molar-refractivity contribution in [1.29, 1.82) is 0 Å². The van der Waals surface area contributed by atoms with Crippen LogP contribution in [0.25, 0.3) is 10.9 Å². The number of benzene rings is 2. The van der Waals surface area contributed by atoms with Crippen molar-refractivity contribution in [1.82, 2.24) is 9.55 Å². The summed E-state index contributed by atoms with van der Waals surface area (Å²) in [5, 5.41) is 4.09. The van der Waals surface area contributed by atoms with Crippen LogP contribution in [-0.2, 0) is 11.3 Å². The second-order valence-corrected chi connectivity index (χ2v) is 6.79. The molecule has 1 heterocycles. The van der Waals surface area contributed by atoms with E-state index in [0.29, 0.717) is 21.6 Å². The highest BCUT2D eigenvalue weighted by molar-refractivity contribution is 6.44. The average molecular weight is 417 g/mol. The summed E-state index contributed by atoms with van der Waals surface area (Å²) < 4.78 is 1.18. The van der Waals surface area contributed by atoms with Gasteiger partial charge >= 0.3 is 0 Å². The summed E-state index contributed by atoms with van der Waals surface area (Å²) in [5.74, 6) is -0.467. The summed E-state index contributed by atoms with van der Waals surface area (Å²) in [6.45, 7) is -0.245. The number of rotatable bonds is 3. The smallest absolute Gasteiger partial charge is 0.261 e. The molecular formula is C16H9Cl4N3O2. The molecule has 1 amide bonds. The van der Waals surface area contributed by atoms with Crippen LogP contribution in [0.4, 0.5) is 5.69 Å². The highest BCUT2D eigenvalue weighted by Crippen LogP contribution is 2.32. The predicted octanol–water partition coefficient (Wildman–Crippen LogP) is 4.65. The molecule has 25 heavy (non-hydrogen) atoms. The Morgan fingerprint density at radius 1 is 1.04 bits per heavy atom. The van der Waals surface area contributed by atoms with Gasteiger partial charge in [0.15, 0.2) is 0 Å². The molecular weight excluding hydrogens is 408 g/mol. The van der Waals surface area contributed by atoms with Crippen molar-refractivity contribution < 1.29 is 4.79 Å². The van der Waals surface area contributed by atoms with Gasteiger partial charge in [0.25, 0.3) is 5.56 Å². The second-order valence-electron chi connectivity index (χ2n) is 5.13. The zero-order valence-electron chi connectivity index (χ0n) is 12.4. The van der Waals surface area contributed by atoms with Gasteiger partial charge in [-0.3, -0.25) is 14.2 Å². The van der Waals surface area contributed by atoms with E-state index in [-0.39, 0.29) is 27.2 Å². The Bertz CT molecular complexity index is 1050. The van der Waals surface area contributed by atoms with Crippen molar-refractivity contribution in [3.63, 3.8) is 0 Å². The summed E-state index contributed by atoms with van der Waals surface area (Å²) >= 11 is 23.7. The molecule has 2 aromatic carbocycles. The number of halogens is 4. The number of fused-ring (bicyclic) bond motifs is 1. The Morgan fingerprint density at radius 3 is 2.52 bits per heavy atom. The first-order valence-electron chi connectivity index (χ1n) is 6.94. The Balaban J connectivity index is 1.86. The molecule has 0 aliphatic rings. The van der Waals surface area contributed by atoms with Crippen molar-refractivity contribution in [3.8, 4) is 0 Å². The maximum atomic E-state index is 12.5. The highest BCUT2D eigenvalue weighted by Gasteiger charge is 2.12. The van der Waals surface area contributed by atoms with Crippen molar-refractivity contribution in [2.45, 2.75) is 6.54 Å². The molecule has 0 aliphatic heterocycles. The number of aromatic nitrogens is 2. The molecule has 1 N–H and O–H groups in total. The SMILES string of the molecule is O=C(Cn1cnc2ccc(Cl)cc2c1=O)Nc1cc(Cl)c(Cl)cc1Cl. The van der Waals surface area contributed by atoms with Crippen molar-refractivity contribution in [3.05, 3.63) is 67.1 Å². The Hall–Kier alpha value is -1.79. The summed E-state index contributed by atoms with van der Waals surface area (Å²) in [7, 11) is 0. The fraction of sp³-hybridized carbons (Fsp3) is 0.0625. The highest BCUT2D eigenvalue weighted by atomic mass is 35.5. The molecule has 0 saturated heterocycles. The van der Waals surface area contributed by atoms with Gasteiger partial charge < -0.3 is 5.32 Å². The Labute approximate surface area is 162 Å². The first-order chi connectivity index (χ1) is 11.8. The van der Waals surface area contributed by atoms with Gasteiger partial charge in [0.05, 0.1) is 38.0 Å². The number of amides is 1. The molecule has 0 saturated carbocycles. The van der Waals surface area contributed by atoms with E-state index in [1.54, 1.807) is 12.1 Å². The van der Waals surface area contributed by atoms with Gasteiger partial charge in [-0.25, -0.2) is 4.98 Å². The number of carbonyl (C=O) groups excluding carboxylic acids is 1. The van der Waals surface area contributed by atoms with E-state index in [0.717, 1.165) is 0 Å². The van der Waals surface area contributed by atoms with E-state index in [4.69, 9.17) is 46.4 Å². The quantitative estimate of drug-likeness (QED) is 0.632. The zero-order valence-corrected chi connectivity index (χ0v) is 15.4. The third-order valence-electron chi connectivity index (χ3n) is 3.38. The third kappa shape index (κ3) is 3.90. The lowest BCUT2D eigenvalue weighted by molar-refractivity contribution is -0.116. The van der Waals surface area contributed by atoms with Crippen molar-refractivity contribution in [2.24, 2.45) is 0 Å². The van der Waals surface area contributed by atoms with Crippen LogP contribution in [0, 0.1) is 0 Å². The normalized spacial score (nSPS) is 10.9. The van der Waals surface area contributed by atoms with E-state index < -0.39 is 5.91 Å². The van der Waals surface area contributed by atoms with Gasteiger partial charge in [-0.2, -0.15) is 0 Å². The second kappa shape index (κ2) is 7.22. The van der Waals surface area contributed by atoms with Crippen LogP contribution in [0.15, 0.2) is 41.5 Å². The van der Waals surface area contributed by atoms with Gasteiger partial charge in [-0.05, 0) is 30.3 Å². The molecule has 3 rings (SSSR count). The molecule has 0 radical (unpaired) electrons. The van der Waals surface area contributed by atoms with Crippen molar-refractivity contribution >= 4 is 68.9 Å². The fourth-order valence-corrected chi connectivity index (χ4v) is 2.97. The lowest BCUT2D eigenvalue weighted by Gasteiger charge is -2.10. The van der Waals surface area contributed by atoms with Crippen LogP contribution in [0.2, 0.25) is 20.1 Å². The first kappa shape index (κ1) is 18.0. The van der Waals surface area contributed by atoms with E-state index in [1.807, 2.05) is 0 Å². The van der Waals surface area contributed by atoms with E-state index in [1.165, 1.54) is 29.1 Å². The topological polar surface area (TPSA) is 64.0 Å². The minimum absolute atomic E-state index is 0.235. The lowest BCUT2D eigenvalue weighted by Crippen LogP contribution is -2.28. The third-order valence-corrected chi connectivity index (χ3v) is 4.65. The minimum Gasteiger partial charge on any atom is -0.323 e. The number of nitrogens with one attached hydrogen (secondary N) is 1. The van der Waals surface area contributed by atoms with E-state index in [9.17, 15) is 9.59 Å². The molecule has 0 bridgehead atoms. The van der Waals surface area contributed by atoms with Gasteiger partial charge in [0.1, 0.15) is 6.54 Å². The van der Waals surface area contributed by atoms with Gasteiger partial charge in [-0.15, -0.1) is 0 Å². The van der Waals surface area contributed by atoms with Gasteiger partial charge in [0, 0.05) is 5.02 Å². The Morgan fingerprint density at radius 2 is 1.76 bits per heavy atom. The molecule has 1 aromatic heterocycles. The maximum Gasteiger partial charge on any atom is 0.261 e. The molecule has 0 atom stereocenters.